The van der Waals surface area contributed by atoms with Gasteiger partial charge in [-0.25, -0.2) is 0 Å². The molecule has 0 spiro atoms. The number of fused-ring (bicyclic) bond motifs is 1. The zero-order chi connectivity index (χ0) is 10.3. The standard InChI is InChI=1S/C11H10ClNO/c1-6-3-4-8-9(5-14)11(12)13-10(8)7(6)2/h3-5,13H,1-2H3. The lowest BCUT2D eigenvalue weighted by atomic mass is 10.1. The maximum absolute atomic E-state index is 10.8. The SMILES string of the molecule is Cc1ccc2c(C=O)c(Cl)[nH]c2c1C. The molecular weight excluding hydrogens is 198 g/mol. The highest BCUT2D eigenvalue weighted by molar-refractivity contribution is 6.34. The van der Waals surface area contributed by atoms with Crippen molar-refractivity contribution in [2.45, 2.75) is 13.8 Å². The lowest BCUT2D eigenvalue weighted by Crippen LogP contribution is -1.82. The van der Waals surface area contributed by atoms with Crippen LogP contribution in [0.5, 0.6) is 0 Å². The highest BCUT2D eigenvalue weighted by atomic mass is 35.5. The van der Waals surface area contributed by atoms with E-state index in [0.29, 0.717) is 10.7 Å². The fourth-order valence-corrected chi connectivity index (χ4v) is 1.85. The predicted octanol–water partition coefficient (Wildman–Crippen LogP) is 3.25. The van der Waals surface area contributed by atoms with E-state index in [1.807, 2.05) is 26.0 Å². The Labute approximate surface area is 86.9 Å². The number of aryl methyl sites for hydroxylation is 2. The Bertz CT molecular complexity index is 513. The molecule has 0 aliphatic rings. The van der Waals surface area contributed by atoms with Gasteiger partial charge in [0.1, 0.15) is 5.15 Å². The Balaban J connectivity index is 2.93. The van der Waals surface area contributed by atoms with Crippen LogP contribution in [-0.4, -0.2) is 11.3 Å². The van der Waals surface area contributed by atoms with Crippen LogP contribution >= 0.6 is 11.6 Å². The summed E-state index contributed by atoms with van der Waals surface area (Å²) in [5.74, 6) is 0. The molecule has 0 amide bonds. The quantitative estimate of drug-likeness (QED) is 0.716. The molecule has 1 heterocycles. The number of H-pyrrole nitrogens is 1. The second-order valence-electron chi connectivity index (χ2n) is 3.40. The van der Waals surface area contributed by atoms with E-state index in [4.69, 9.17) is 11.6 Å². The summed E-state index contributed by atoms with van der Waals surface area (Å²) >= 11 is 5.91. The number of carbonyl (C=O) groups is 1. The van der Waals surface area contributed by atoms with Crippen molar-refractivity contribution in [3.63, 3.8) is 0 Å². The number of rotatable bonds is 1. The van der Waals surface area contributed by atoms with E-state index in [9.17, 15) is 4.79 Å². The van der Waals surface area contributed by atoms with Gasteiger partial charge in [-0.15, -0.1) is 0 Å². The maximum Gasteiger partial charge on any atom is 0.153 e. The third-order valence-corrected chi connectivity index (χ3v) is 2.91. The minimum absolute atomic E-state index is 0.420. The molecule has 72 valence electrons. The van der Waals surface area contributed by atoms with Crippen LogP contribution in [0.25, 0.3) is 10.9 Å². The number of hydrogen-bond acceptors (Lipinski definition) is 1. The highest BCUT2D eigenvalue weighted by Crippen LogP contribution is 2.28. The summed E-state index contributed by atoms with van der Waals surface area (Å²) in [6.45, 7) is 4.04. The van der Waals surface area contributed by atoms with Gasteiger partial charge >= 0.3 is 0 Å². The first-order valence-corrected chi connectivity index (χ1v) is 4.75. The summed E-state index contributed by atoms with van der Waals surface area (Å²) in [6.07, 6.45) is 0.788. The molecule has 0 aliphatic carbocycles. The van der Waals surface area contributed by atoms with Gasteiger partial charge in [-0.3, -0.25) is 4.79 Å². The number of aromatic amines is 1. The van der Waals surface area contributed by atoms with Crippen LogP contribution in [-0.2, 0) is 0 Å². The molecule has 0 aliphatic heterocycles. The average Bonchev–Trinajstić information content (AvgIpc) is 2.49. The monoisotopic (exact) mass is 207 g/mol. The number of carbonyl (C=O) groups excluding carboxylic acids is 1. The first-order chi connectivity index (χ1) is 6.65. The molecule has 1 aromatic carbocycles. The molecule has 0 bridgehead atoms. The number of benzene rings is 1. The van der Waals surface area contributed by atoms with Crippen molar-refractivity contribution in [2.24, 2.45) is 0 Å². The van der Waals surface area contributed by atoms with Gasteiger partial charge in [0, 0.05) is 5.39 Å². The second-order valence-corrected chi connectivity index (χ2v) is 3.78. The Morgan fingerprint density at radius 2 is 2.07 bits per heavy atom. The van der Waals surface area contributed by atoms with Gasteiger partial charge in [0.05, 0.1) is 11.1 Å². The number of nitrogens with one attached hydrogen (secondary N) is 1. The summed E-state index contributed by atoms with van der Waals surface area (Å²) in [5, 5.41) is 1.32. The Morgan fingerprint density at radius 1 is 1.36 bits per heavy atom. The van der Waals surface area contributed by atoms with E-state index in [0.717, 1.165) is 22.8 Å². The lowest BCUT2D eigenvalue weighted by molar-refractivity contribution is 0.112. The van der Waals surface area contributed by atoms with E-state index >= 15 is 0 Å². The Morgan fingerprint density at radius 3 is 2.71 bits per heavy atom. The fourth-order valence-electron chi connectivity index (χ4n) is 1.61. The van der Waals surface area contributed by atoms with Gasteiger partial charge in [-0.1, -0.05) is 23.7 Å². The van der Waals surface area contributed by atoms with Crippen LogP contribution in [0.15, 0.2) is 12.1 Å². The summed E-state index contributed by atoms with van der Waals surface area (Å²) in [6, 6.07) is 3.92. The van der Waals surface area contributed by atoms with Gasteiger partial charge < -0.3 is 4.98 Å². The zero-order valence-electron chi connectivity index (χ0n) is 8.02. The number of aldehydes is 1. The third kappa shape index (κ3) is 1.15. The second kappa shape index (κ2) is 3.14. The van der Waals surface area contributed by atoms with Crippen molar-refractivity contribution in [2.75, 3.05) is 0 Å². The van der Waals surface area contributed by atoms with E-state index in [-0.39, 0.29) is 0 Å². The summed E-state index contributed by atoms with van der Waals surface area (Å²) in [4.78, 5) is 13.8. The molecule has 0 unspecified atom stereocenters. The van der Waals surface area contributed by atoms with Crippen molar-refractivity contribution in [3.8, 4) is 0 Å². The Kier molecular flexibility index (Phi) is 2.08. The maximum atomic E-state index is 10.8. The highest BCUT2D eigenvalue weighted by Gasteiger charge is 2.10. The van der Waals surface area contributed by atoms with Gasteiger partial charge in [-0.05, 0) is 25.0 Å². The molecular formula is C11H10ClNO. The molecule has 1 N–H and O–H groups in total. The van der Waals surface area contributed by atoms with E-state index in [1.165, 1.54) is 5.56 Å². The van der Waals surface area contributed by atoms with E-state index in [1.54, 1.807) is 0 Å². The smallest absolute Gasteiger partial charge is 0.153 e. The summed E-state index contributed by atoms with van der Waals surface area (Å²) in [5.41, 5.74) is 3.83. The largest absolute Gasteiger partial charge is 0.345 e. The van der Waals surface area contributed by atoms with E-state index in [2.05, 4.69) is 4.98 Å². The average molecular weight is 208 g/mol. The van der Waals surface area contributed by atoms with Gasteiger partial charge in [-0.2, -0.15) is 0 Å². The molecule has 2 rings (SSSR count). The van der Waals surface area contributed by atoms with Crippen molar-refractivity contribution >= 4 is 28.8 Å². The molecule has 0 radical (unpaired) electrons. The van der Waals surface area contributed by atoms with Gasteiger partial charge in [0.15, 0.2) is 6.29 Å². The third-order valence-electron chi connectivity index (χ3n) is 2.62. The molecule has 2 nitrogen and oxygen atoms in total. The normalized spacial score (nSPS) is 10.8. The summed E-state index contributed by atoms with van der Waals surface area (Å²) < 4.78 is 0. The molecule has 2 aromatic rings. The van der Waals surface area contributed by atoms with Crippen molar-refractivity contribution in [3.05, 3.63) is 34.0 Å². The lowest BCUT2D eigenvalue weighted by Gasteiger charge is -2.00. The first kappa shape index (κ1) is 9.28. The molecule has 0 atom stereocenters. The minimum atomic E-state index is 0.420. The minimum Gasteiger partial charge on any atom is -0.345 e. The van der Waals surface area contributed by atoms with Gasteiger partial charge in [0.25, 0.3) is 0 Å². The van der Waals surface area contributed by atoms with Crippen molar-refractivity contribution < 1.29 is 4.79 Å². The van der Waals surface area contributed by atoms with Crippen LogP contribution in [0.4, 0.5) is 0 Å². The van der Waals surface area contributed by atoms with Crippen molar-refractivity contribution in [1.29, 1.82) is 0 Å². The number of hydrogen-bond donors (Lipinski definition) is 1. The van der Waals surface area contributed by atoms with Crippen LogP contribution < -0.4 is 0 Å². The first-order valence-electron chi connectivity index (χ1n) is 4.37. The zero-order valence-corrected chi connectivity index (χ0v) is 8.77. The topological polar surface area (TPSA) is 32.9 Å². The predicted molar refractivity (Wildman–Crippen MR) is 58.2 cm³/mol. The summed E-state index contributed by atoms with van der Waals surface area (Å²) in [7, 11) is 0. The molecule has 3 heteroatoms. The number of halogens is 1. The molecule has 0 fully saturated rings. The van der Waals surface area contributed by atoms with E-state index < -0.39 is 0 Å². The molecule has 0 saturated heterocycles. The number of aromatic nitrogens is 1. The molecule has 1 aromatic heterocycles. The van der Waals surface area contributed by atoms with Crippen LogP contribution in [0.1, 0.15) is 21.5 Å². The molecule has 0 saturated carbocycles. The fraction of sp³-hybridized carbons (Fsp3) is 0.182. The Hall–Kier alpha value is -1.28. The van der Waals surface area contributed by atoms with Crippen LogP contribution in [0.3, 0.4) is 0 Å². The van der Waals surface area contributed by atoms with Crippen LogP contribution in [0.2, 0.25) is 5.15 Å². The molecule has 14 heavy (non-hydrogen) atoms. The van der Waals surface area contributed by atoms with Gasteiger partial charge in [0.2, 0.25) is 0 Å². The van der Waals surface area contributed by atoms with Crippen LogP contribution in [0, 0.1) is 13.8 Å². The van der Waals surface area contributed by atoms with Crippen molar-refractivity contribution in [1.82, 2.24) is 4.98 Å².